The first-order valence-electron chi connectivity index (χ1n) is 10.1. The lowest BCUT2D eigenvalue weighted by molar-refractivity contribution is 0.0747. The Labute approximate surface area is 170 Å². The van der Waals surface area contributed by atoms with Crippen molar-refractivity contribution in [1.82, 2.24) is 9.88 Å². The average molecular weight is 381 g/mol. The molecule has 1 aliphatic rings. The van der Waals surface area contributed by atoms with Crippen LogP contribution in [0.25, 0.3) is 21.8 Å². The van der Waals surface area contributed by atoms with Crippen LogP contribution in [-0.2, 0) is 0 Å². The normalized spacial score (nSPS) is 14.5. The molecule has 144 valence electrons. The number of amides is 1. The van der Waals surface area contributed by atoms with Crippen molar-refractivity contribution in [3.8, 4) is 0 Å². The molecule has 4 aromatic rings. The summed E-state index contributed by atoms with van der Waals surface area (Å²) in [7, 11) is 0. The Bertz CT molecular complexity index is 1190. The van der Waals surface area contributed by atoms with E-state index in [0.717, 1.165) is 42.8 Å². The van der Waals surface area contributed by atoms with E-state index in [1.165, 1.54) is 22.0 Å². The SMILES string of the molecule is Cc1ccc2nc3ccccc3c(N3CCN(C(=O)c4ccccc4)CC3)c2c1. The molecule has 1 aromatic heterocycles. The Kier molecular flexibility index (Phi) is 4.39. The van der Waals surface area contributed by atoms with Gasteiger partial charge in [0.1, 0.15) is 0 Å². The molecule has 29 heavy (non-hydrogen) atoms. The average Bonchev–Trinajstić information content (AvgIpc) is 2.78. The molecule has 0 unspecified atom stereocenters. The summed E-state index contributed by atoms with van der Waals surface area (Å²) in [5.41, 5.74) is 5.26. The molecular formula is C25H23N3O. The van der Waals surface area contributed by atoms with Crippen molar-refractivity contribution >= 4 is 33.4 Å². The van der Waals surface area contributed by atoms with E-state index < -0.39 is 0 Å². The molecule has 0 aliphatic carbocycles. The largest absolute Gasteiger partial charge is 0.367 e. The van der Waals surface area contributed by atoms with Crippen molar-refractivity contribution < 1.29 is 4.79 Å². The minimum atomic E-state index is 0.116. The molecule has 0 saturated carbocycles. The molecule has 0 spiro atoms. The maximum absolute atomic E-state index is 12.8. The van der Waals surface area contributed by atoms with Crippen molar-refractivity contribution in [2.75, 3.05) is 31.1 Å². The van der Waals surface area contributed by atoms with Crippen LogP contribution in [0.5, 0.6) is 0 Å². The van der Waals surface area contributed by atoms with Gasteiger partial charge in [0.25, 0.3) is 5.91 Å². The van der Waals surface area contributed by atoms with Crippen LogP contribution in [-0.4, -0.2) is 42.0 Å². The number of pyridine rings is 1. The van der Waals surface area contributed by atoms with Crippen molar-refractivity contribution in [1.29, 1.82) is 0 Å². The lowest BCUT2D eigenvalue weighted by atomic mass is 10.0. The second-order valence-corrected chi connectivity index (χ2v) is 7.64. The highest BCUT2D eigenvalue weighted by Crippen LogP contribution is 2.35. The fraction of sp³-hybridized carbons (Fsp3) is 0.200. The van der Waals surface area contributed by atoms with E-state index in [2.05, 4.69) is 48.2 Å². The number of piperazine rings is 1. The van der Waals surface area contributed by atoms with Crippen LogP contribution in [0.2, 0.25) is 0 Å². The number of fused-ring (bicyclic) bond motifs is 2. The number of aromatic nitrogens is 1. The van der Waals surface area contributed by atoms with E-state index in [9.17, 15) is 4.79 Å². The minimum Gasteiger partial charge on any atom is -0.367 e. The van der Waals surface area contributed by atoms with Crippen LogP contribution in [0.3, 0.4) is 0 Å². The van der Waals surface area contributed by atoms with Gasteiger partial charge >= 0.3 is 0 Å². The molecule has 2 heterocycles. The zero-order chi connectivity index (χ0) is 19.8. The molecule has 0 atom stereocenters. The fourth-order valence-corrected chi connectivity index (χ4v) is 4.22. The summed E-state index contributed by atoms with van der Waals surface area (Å²) < 4.78 is 0. The van der Waals surface area contributed by atoms with Gasteiger partial charge in [-0.05, 0) is 37.3 Å². The third-order valence-corrected chi connectivity index (χ3v) is 5.71. The van der Waals surface area contributed by atoms with E-state index >= 15 is 0 Å². The number of aryl methyl sites for hydroxylation is 1. The van der Waals surface area contributed by atoms with Gasteiger partial charge in [0.15, 0.2) is 0 Å². The summed E-state index contributed by atoms with van der Waals surface area (Å²) in [5, 5.41) is 2.36. The number of para-hydroxylation sites is 1. The van der Waals surface area contributed by atoms with Gasteiger partial charge in [-0.3, -0.25) is 4.79 Å². The van der Waals surface area contributed by atoms with Gasteiger partial charge in [-0.15, -0.1) is 0 Å². The van der Waals surface area contributed by atoms with Crippen molar-refractivity contribution in [3.05, 3.63) is 83.9 Å². The zero-order valence-corrected chi connectivity index (χ0v) is 16.5. The number of nitrogens with zero attached hydrogens (tertiary/aromatic N) is 3. The maximum Gasteiger partial charge on any atom is 0.253 e. The van der Waals surface area contributed by atoms with Crippen LogP contribution >= 0.6 is 0 Å². The molecule has 1 saturated heterocycles. The molecule has 5 rings (SSSR count). The minimum absolute atomic E-state index is 0.116. The van der Waals surface area contributed by atoms with Gasteiger partial charge in [0.05, 0.1) is 16.7 Å². The van der Waals surface area contributed by atoms with E-state index in [1.54, 1.807) is 0 Å². The van der Waals surface area contributed by atoms with Gasteiger partial charge in [0.2, 0.25) is 0 Å². The molecule has 3 aromatic carbocycles. The summed E-state index contributed by atoms with van der Waals surface area (Å²) in [6, 6.07) is 24.3. The van der Waals surface area contributed by atoms with Crippen LogP contribution < -0.4 is 4.90 Å². The summed E-state index contributed by atoms with van der Waals surface area (Å²) in [6.07, 6.45) is 0. The van der Waals surface area contributed by atoms with Crippen molar-refractivity contribution in [2.24, 2.45) is 0 Å². The van der Waals surface area contributed by atoms with Gasteiger partial charge in [0, 0.05) is 42.5 Å². The van der Waals surface area contributed by atoms with E-state index in [0.29, 0.717) is 0 Å². The number of benzene rings is 3. The van der Waals surface area contributed by atoms with E-state index in [-0.39, 0.29) is 5.91 Å². The quantitative estimate of drug-likeness (QED) is 0.474. The Morgan fingerprint density at radius 2 is 1.48 bits per heavy atom. The summed E-state index contributed by atoms with van der Waals surface area (Å²) in [5.74, 6) is 0.116. The Morgan fingerprint density at radius 1 is 0.793 bits per heavy atom. The lowest BCUT2D eigenvalue weighted by Gasteiger charge is -2.37. The Hall–Kier alpha value is -3.40. The predicted octanol–water partition coefficient (Wildman–Crippen LogP) is 4.66. The number of carbonyl (C=O) groups is 1. The van der Waals surface area contributed by atoms with Crippen LogP contribution in [0, 0.1) is 6.92 Å². The van der Waals surface area contributed by atoms with Crippen LogP contribution in [0.15, 0.2) is 72.8 Å². The monoisotopic (exact) mass is 381 g/mol. The third-order valence-electron chi connectivity index (χ3n) is 5.71. The first-order chi connectivity index (χ1) is 14.2. The summed E-state index contributed by atoms with van der Waals surface area (Å²) in [6.45, 7) is 5.19. The summed E-state index contributed by atoms with van der Waals surface area (Å²) >= 11 is 0. The van der Waals surface area contributed by atoms with Gasteiger partial charge in [-0.2, -0.15) is 0 Å². The van der Waals surface area contributed by atoms with Crippen LogP contribution in [0.1, 0.15) is 15.9 Å². The fourth-order valence-electron chi connectivity index (χ4n) is 4.22. The topological polar surface area (TPSA) is 36.4 Å². The smallest absolute Gasteiger partial charge is 0.253 e. The Morgan fingerprint density at radius 3 is 2.28 bits per heavy atom. The standard InChI is InChI=1S/C25H23N3O/c1-18-11-12-23-21(17-18)24(20-9-5-6-10-22(20)26-23)27-13-15-28(16-14-27)25(29)19-7-3-2-4-8-19/h2-12,17H,13-16H2,1H3. The van der Waals surface area contributed by atoms with E-state index in [4.69, 9.17) is 4.98 Å². The highest BCUT2D eigenvalue weighted by molar-refractivity contribution is 6.08. The lowest BCUT2D eigenvalue weighted by Crippen LogP contribution is -2.49. The molecule has 4 nitrogen and oxygen atoms in total. The molecule has 0 N–H and O–H groups in total. The summed E-state index contributed by atoms with van der Waals surface area (Å²) in [4.78, 5) is 22.1. The second kappa shape index (κ2) is 7.21. The Balaban J connectivity index is 1.50. The number of hydrogen-bond acceptors (Lipinski definition) is 3. The number of rotatable bonds is 2. The van der Waals surface area contributed by atoms with Gasteiger partial charge < -0.3 is 9.80 Å². The second-order valence-electron chi connectivity index (χ2n) is 7.64. The van der Waals surface area contributed by atoms with Crippen molar-refractivity contribution in [2.45, 2.75) is 6.92 Å². The first kappa shape index (κ1) is 17.7. The highest BCUT2D eigenvalue weighted by atomic mass is 16.2. The molecular weight excluding hydrogens is 358 g/mol. The first-order valence-corrected chi connectivity index (χ1v) is 10.1. The maximum atomic E-state index is 12.8. The third kappa shape index (κ3) is 3.21. The highest BCUT2D eigenvalue weighted by Gasteiger charge is 2.24. The molecule has 1 fully saturated rings. The molecule has 1 aliphatic heterocycles. The van der Waals surface area contributed by atoms with E-state index in [1.807, 2.05) is 41.3 Å². The molecule has 0 bridgehead atoms. The zero-order valence-electron chi connectivity index (χ0n) is 16.5. The molecule has 0 radical (unpaired) electrons. The van der Waals surface area contributed by atoms with Gasteiger partial charge in [-0.1, -0.05) is 48.0 Å². The predicted molar refractivity (Wildman–Crippen MR) is 119 cm³/mol. The van der Waals surface area contributed by atoms with Crippen LogP contribution in [0.4, 0.5) is 5.69 Å². The van der Waals surface area contributed by atoms with Crippen molar-refractivity contribution in [3.63, 3.8) is 0 Å². The molecule has 1 amide bonds. The van der Waals surface area contributed by atoms with Gasteiger partial charge in [-0.25, -0.2) is 4.98 Å². The number of carbonyl (C=O) groups excluding carboxylic acids is 1. The number of hydrogen-bond donors (Lipinski definition) is 0. The number of anilines is 1. The molecule has 4 heteroatoms.